The van der Waals surface area contributed by atoms with Crippen LogP contribution in [0.15, 0.2) is 12.2 Å². The van der Waals surface area contributed by atoms with E-state index < -0.39 is 39.7 Å². The summed E-state index contributed by atoms with van der Waals surface area (Å²) in [6.45, 7) is 10.2. The molecule has 0 saturated heterocycles. The maximum Gasteiger partial charge on any atom is 1.00 e. The van der Waals surface area contributed by atoms with E-state index in [1.165, 1.54) is 0 Å². The van der Waals surface area contributed by atoms with Crippen LogP contribution >= 0.6 is 0 Å². The zero-order valence-corrected chi connectivity index (χ0v) is 26.7. The Morgan fingerprint density at radius 1 is 1.05 bits per heavy atom. The van der Waals surface area contributed by atoms with Crippen molar-refractivity contribution in [3.8, 4) is 0 Å². The van der Waals surface area contributed by atoms with E-state index in [1.54, 1.807) is 0 Å². The van der Waals surface area contributed by atoms with Gasteiger partial charge in [0.15, 0.2) is 0 Å². The number of hydrogen-bond donors (Lipinski definition) is 4. The van der Waals surface area contributed by atoms with Crippen LogP contribution in [0.5, 0.6) is 0 Å². The van der Waals surface area contributed by atoms with Gasteiger partial charge in [-0.25, -0.2) is 8.42 Å². The van der Waals surface area contributed by atoms with Crippen molar-refractivity contribution in [2.75, 3.05) is 6.61 Å². The fraction of sp³-hybridized carbons (Fsp3) is 0.929. The molecule has 8 nitrogen and oxygen atoms in total. The van der Waals surface area contributed by atoms with E-state index >= 15 is 0 Å². The van der Waals surface area contributed by atoms with Gasteiger partial charge in [-0.15, -0.1) is 0 Å². The largest absolute Gasteiger partial charge is 1.00 e. The summed E-state index contributed by atoms with van der Waals surface area (Å²) in [5.41, 5.74) is -1.87. The second-order valence-electron chi connectivity index (χ2n) is 13.5. The molecule has 214 valence electrons. The monoisotopic (exact) mass is 566 g/mol. The van der Waals surface area contributed by atoms with E-state index in [1.807, 2.05) is 13.8 Å². The Morgan fingerprint density at radius 3 is 2.34 bits per heavy atom. The number of allylic oxidation sites excluding steroid dienone is 2. The van der Waals surface area contributed by atoms with Gasteiger partial charge in [-0.05, 0) is 85.4 Å². The molecule has 4 aliphatic carbocycles. The van der Waals surface area contributed by atoms with Gasteiger partial charge >= 0.3 is 29.6 Å². The van der Waals surface area contributed by atoms with Crippen LogP contribution in [-0.4, -0.2) is 63.9 Å². The molecule has 3 unspecified atom stereocenters. The fourth-order valence-electron chi connectivity index (χ4n) is 9.21. The van der Waals surface area contributed by atoms with Crippen molar-refractivity contribution in [3.05, 3.63) is 12.2 Å². The molecule has 0 spiro atoms. The average molecular weight is 567 g/mol. The van der Waals surface area contributed by atoms with Gasteiger partial charge in [0.25, 0.3) is 0 Å². The van der Waals surface area contributed by atoms with E-state index in [-0.39, 0.29) is 89.4 Å². The molecular formula is C28H47NaO8S. The van der Waals surface area contributed by atoms with E-state index in [2.05, 4.69) is 37.1 Å². The molecule has 4 N–H and O–H groups in total. The molecule has 4 fully saturated rings. The molecule has 38 heavy (non-hydrogen) atoms. The summed E-state index contributed by atoms with van der Waals surface area (Å²) in [7, 11) is -4.70. The smallest absolute Gasteiger partial charge is 0.726 e. The summed E-state index contributed by atoms with van der Waals surface area (Å²) in [6.07, 6.45) is 6.79. The van der Waals surface area contributed by atoms with Gasteiger partial charge in [-0.1, -0.05) is 46.8 Å². The minimum Gasteiger partial charge on any atom is -0.726 e. The van der Waals surface area contributed by atoms with Crippen LogP contribution in [0.1, 0.15) is 79.6 Å². The van der Waals surface area contributed by atoms with Gasteiger partial charge in [0.2, 0.25) is 10.4 Å². The van der Waals surface area contributed by atoms with Crippen molar-refractivity contribution in [1.29, 1.82) is 0 Å². The second kappa shape index (κ2) is 11.6. The zero-order chi connectivity index (χ0) is 27.6. The molecule has 0 heterocycles. The molecule has 0 radical (unpaired) electrons. The van der Waals surface area contributed by atoms with Crippen molar-refractivity contribution in [2.45, 2.75) is 103 Å². The van der Waals surface area contributed by atoms with Crippen LogP contribution in [0, 0.1) is 52.3 Å². The Bertz CT molecular complexity index is 976. The standard InChI is InChI=1S/C28H48O8S.Na/c1-16(18(3)15-36-37(33,34)35)6-7-17(2)22-13-23(30)25-20-12-24(31)28(32)14-19(29)8-11-27(28,5)21(20)9-10-26(22,25)4;/h6-7,16-25,29-32H,8-15H2,1-5H3,(H,33,34,35);/q;+1/p-1/b7-6+;/t16-,17-,18-,19+,20?,21?,22-,23+,24-,25?,26-,27-,28+;/m1./s1. The fourth-order valence-corrected chi connectivity index (χ4v) is 9.59. The van der Waals surface area contributed by atoms with Gasteiger partial charge in [0.1, 0.15) is 0 Å². The third kappa shape index (κ3) is 5.72. The Balaban J connectivity index is 0.00000400. The SMILES string of the molecule is C[C@H](/C=C/[C@@H](C)[C@H]1C[C@H](O)C2C3C[C@@H](O)[C@@]4(O)C[C@@H](O)CC[C@]4(C)C3CC[C@@]21C)[C@H](C)COS(=O)(=O)[O-].[Na+]. The first-order chi connectivity index (χ1) is 17.0. The zero-order valence-electron chi connectivity index (χ0n) is 23.9. The number of aliphatic hydroxyl groups is 4. The van der Waals surface area contributed by atoms with Gasteiger partial charge < -0.3 is 25.0 Å². The Hall–Kier alpha value is 0.450. The normalized spacial score (nSPS) is 47.4. The molecule has 13 atom stereocenters. The van der Waals surface area contributed by atoms with Crippen LogP contribution in [0.25, 0.3) is 0 Å². The Kier molecular flexibility index (Phi) is 10.1. The molecule has 0 aromatic carbocycles. The quantitative estimate of drug-likeness (QED) is 0.146. The van der Waals surface area contributed by atoms with E-state index in [9.17, 15) is 33.4 Å². The average Bonchev–Trinajstić information content (AvgIpc) is 3.08. The van der Waals surface area contributed by atoms with E-state index in [0.717, 1.165) is 12.8 Å². The van der Waals surface area contributed by atoms with Crippen molar-refractivity contribution in [3.63, 3.8) is 0 Å². The van der Waals surface area contributed by atoms with Gasteiger partial charge in [0.05, 0.1) is 30.5 Å². The van der Waals surface area contributed by atoms with Crippen LogP contribution in [0.3, 0.4) is 0 Å². The first-order valence-corrected chi connectivity index (χ1v) is 15.4. The summed E-state index contributed by atoms with van der Waals surface area (Å²) in [5, 5.41) is 44.6. The molecular weight excluding hydrogens is 519 g/mol. The summed E-state index contributed by atoms with van der Waals surface area (Å²) >= 11 is 0. The van der Waals surface area contributed by atoms with E-state index in [0.29, 0.717) is 25.7 Å². The summed E-state index contributed by atoms with van der Waals surface area (Å²) in [5.74, 6) is 0.678. The van der Waals surface area contributed by atoms with Crippen molar-refractivity contribution < 1.29 is 67.1 Å². The number of hydrogen-bond acceptors (Lipinski definition) is 8. The van der Waals surface area contributed by atoms with Gasteiger partial charge in [0, 0.05) is 11.8 Å². The maximum absolute atomic E-state index is 11.6. The summed E-state index contributed by atoms with van der Waals surface area (Å²) in [6, 6.07) is 0. The Morgan fingerprint density at radius 2 is 1.71 bits per heavy atom. The van der Waals surface area contributed by atoms with Gasteiger partial charge in [-0.2, -0.15) is 0 Å². The van der Waals surface area contributed by atoms with Crippen LogP contribution in [0.2, 0.25) is 0 Å². The molecule has 10 heteroatoms. The first-order valence-electron chi connectivity index (χ1n) is 14.1. The maximum atomic E-state index is 11.6. The topological polar surface area (TPSA) is 147 Å². The molecule has 0 bridgehead atoms. The molecule has 0 aliphatic heterocycles. The first kappa shape index (κ1) is 33.0. The summed E-state index contributed by atoms with van der Waals surface area (Å²) in [4.78, 5) is 0. The minimum atomic E-state index is -4.70. The van der Waals surface area contributed by atoms with Crippen LogP contribution < -0.4 is 29.6 Å². The molecule has 4 saturated carbocycles. The Labute approximate surface area is 250 Å². The second-order valence-corrected chi connectivity index (χ2v) is 14.6. The number of fused-ring (bicyclic) bond motifs is 5. The molecule has 4 aliphatic rings. The molecule has 0 aromatic rings. The molecule has 4 rings (SSSR count). The minimum absolute atomic E-state index is 0. The van der Waals surface area contributed by atoms with Crippen LogP contribution in [0.4, 0.5) is 0 Å². The number of rotatable bonds is 7. The third-order valence-electron chi connectivity index (χ3n) is 11.6. The molecule has 0 aromatic heterocycles. The summed E-state index contributed by atoms with van der Waals surface area (Å²) < 4.78 is 36.8. The van der Waals surface area contributed by atoms with E-state index in [4.69, 9.17) is 0 Å². The molecule has 0 amide bonds. The third-order valence-corrected chi connectivity index (χ3v) is 12.0. The van der Waals surface area contributed by atoms with Gasteiger partial charge in [-0.3, -0.25) is 4.18 Å². The van der Waals surface area contributed by atoms with Crippen LogP contribution in [-0.2, 0) is 14.6 Å². The number of aliphatic hydroxyl groups excluding tert-OH is 3. The predicted octanol–water partition coefficient (Wildman–Crippen LogP) is 0.00800. The van der Waals surface area contributed by atoms with Crippen molar-refractivity contribution >= 4 is 10.4 Å². The van der Waals surface area contributed by atoms with Crippen molar-refractivity contribution in [1.82, 2.24) is 0 Å². The predicted molar refractivity (Wildman–Crippen MR) is 138 cm³/mol. The van der Waals surface area contributed by atoms with Crippen molar-refractivity contribution in [2.24, 2.45) is 52.3 Å².